The number of hydrogen-bond acceptors (Lipinski definition) is 6. The molecule has 4 rings (SSSR count). The first kappa shape index (κ1) is 14.1. The standard InChI is InChI=1S/C16H19N7/c1-13-10-21(11-14-3-2-6-17-9-14)7-8-22(13)16-5-4-15-19-18-12-23(15)20-16/h2-6,9,12-13H,7-8,10-11H2,1H3/t13-/m1/s1. The lowest BCUT2D eigenvalue weighted by Crippen LogP contribution is -2.52. The fourth-order valence-electron chi connectivity index (χ4n) is 3.14. The van der Waals surface area contributed by atoms with Gasteiger partial charge in [-0.3, -0.25) is 9.88 Å². The monoisotopic (exact) mass is 309 g/mol. The molecule has 1 saturated heterocycles. The smallest absolute Gasteiger partial charge is 0.177 e. The Morgan fingerprint density at radius 3 is 3.00 bits per heavy atom. The molecule has 7 heteroatoms. The van der Waals surface area contributed by atoms with Crippen molar-refractivity contribution in [1.29, 1.82) is 0 Å². The van der Waals surface area contributed by atoms with Crippen molar-refractivity contribution in [2.75, 3.05) is 24.5 Å². The highest BCUT2D eigenvalue weighted by molar-refractivity contribution is 5.46. The molecule has 1 atom stereocenters. The highest BCUT2D eigenvalue weighted by atomic mass is 15.4. The number of fused-ring (bicyclic) bond motifs is 1. The lowest BCUT2D eigenvalue weighted by molar-refractivity contribution is 0.220. The van der Waals surface area contributed by atoms with Crippen LogP contribution in [0.3, 0.4) is 0 Å². The van der Waals surface area contributed by atoms with E-state index in [4.69, 9.17) is 0 Å². The second-order valence-corrected chi connectivity index (χ2v) is 5.96. The van der Waals surface area contributed by atoms with Crippen molar-refractivity contribution in [1.82, 2.24) is 29.7 Å². The number of rotatable bonds is 3. The molecule has 3 aromatic rings. The van der Waals surface area contributed by atoms with Gasteiger partial charge in [-0.15, -0.1) is 15.3 Å². The van der Waals surface area contributed by atoms with Crippen LogP contribution in [0.2, 0.25) is 0 Å². The van der Waals surface area contributed by atoms with E-state index in [1.165, 1.54) is 5.56 Å². The van der Waals surface area contributed by atoms with E-state index < -0.39 is 0 Å². The minimum atomic E-state index is 0.404. The number of hydrogen-bond donors (Lipinski definition) is 0. The second-order valence-electron chi connectivity index (χ2n) is 5.96. The third kappa shape index (κ3) is 2.87. The Morgan fingerprint density at radius 1 is 1.22 bits per heavy atom. The van der Waals surface area contributed by atoms with Crippen molar-refractivity contribution in [2.45, 2.75) is 19.5 Å². The molecule has 0 amide bonds. The number of anilines is 1. The molecule has 118 valence electrons. The van der Waals surface area contributed by atoms with Gasteiger partial charge in [0.1, 0.15) is 12.1 Å². The first-order valence-electron chi connectivity index (χ1n) is 7.84. The van der Waals surface area contributed by atoms with Crippen molar-refractivity contribution in [3.63, 3.8) is 0 Å². The highest BCUT2D eigenvalue weighted by Crippen LogP contribution is 2.19. The van der Waals surface area contributed by atoms with Crippen LogP contribution in [0.4, 0.5) is 5.82 Å². The lowest BCUT2D eigenvalue weighted by Gasteiger charge is -2.40. The fourth-order valence-corrected chi connectivity index (χ4v) is 3.14. The molecule has 1 fully saturated rings. The highest BCUT2D eigenvalue weighted by Gasteiger charge is 2.25. The molecule has 0 unspecified atom stereocenters. The quantitative estimate of drug-likeness (QED) is 0.725. The van der Waals surface area contributed by atoms with Crippen LogP contribution in [0, 0.1) is 0 Å². The molecule has 0 aromatic carbocycles. The largest absolute Gasteiger partial charge is 0.350 e. The summed E-state index contributed by atoms with van der Waals surface area (Å²) >= 11 is 0. The molecule has 7 nitrogen and oxygen atoms in total. The molecule has 23 heavy (non-hydrogen) atoms. The lowest BCUT2D eigenvalue weighted by atomic mass is 10.1. The van der Waals surface area contributed by atoms with E-state index in [0.29, 0.717) is 6.04 Å². The summed E-state index contributed by atoms with van der Waals surface area (Å²) in [5.41, 5.74) is 2.04. The topological polar surface area (TPSA) is 62.5 Å². The Hall–Kier alpha value is -2.54. The van der Waals surface area contributed by atoms with Crippen molar-refractivity contribution >= 4 is 11.5 Å². The Morgan fingerprint density at radius 2 is 2.17 bits per heavy atom. The van der Waals surface area contributed by atoms with Gasteiger partial charge in [0.05, 0.1) is 0 Å². The molecular formula is C16H19N7. The molecular weight excluding hydrogens is 290 g/mol. The molecule has 0 spiro atoms. The Balaban J connectivity index is 1.46. The van der Waals surface area contributed by atoms with Gasteiger partial charge in [-0.25, -0.2) is 0 Å². The summed E-state index contributed by atoms with van der Waals surface area (Å²) in [5.74, 6) is 0.978. The van der Waals surface area contributed by atoms with Gasteiger partial charge in [0, 0.05) is 44.6 Å². The molecule has 0 radical (unpaired) electrons. The third-order valence-electron chi connectivity index (χ3n) is 4.28. The van der Waals surface area contributed by atoms with E-state index in [1.807, 2.05) is 30.6 Å². The van der Waals surface area contributed by atoms with Gasteiger partial charge in [0.25, 0.3) is 0 Å². The van der Waals surface area contributed by atoms with Crippen LogP contribution in [0.5, 0.6) is 0 Å². The van der Waals surface area contributed by atoms with Gasteiger partial charge >= 0.3 is 0 Å². The molecule has 3 aromatic heterocycles. The van der Waals surface area contributed by atoms with Gasteiger partial charge in [-0.1, -0.05) is 6.07 Å². The van der Waals surface area contributed by atoms with E-state index in [-0.39, 0.29) is 0 Å². The average molecular weight is 309 g/mol. The van der Waals surface area contributed by atoms with E-state index in [2.05, 4.69) is 43.1 Å². The van der Waals surface area contributed by atoms with Crippen LogP contribution in [-0.4, -0.2) is 55.4 Å². The number of aromatic nitrogens is 5. The Kier molecular flexibility index (Phi) is 3.63. The van der Waals surface area contributed by atoms with Crippen LogP contribution in [0.25, 0.3) is 5.65 Å². The van der Waals surface area contributed by atoms with Gasteiger partial charge in [0.15, 0.2) is 5.65 Å². The maximum Gasteiger partial charge on any atom is 0.177 e. The van der Waals surface area contributed by atoms with Gasteiger partial charge in [-0.2, -0.15) is 4.52 Å². The summed E-state index contributed by atoms with van der Waals surface area (Å²) in [4.78, 5) is 9.01. The van der Waals surface area contributed by atoms with Crippen LogP contribution in [0.15, 0.2) is 43.0 Å². The minimum absolute atomic E-state index is 0.404. The zero-order valence-electron chi connectivity index (χ0n) is 13.1. The van der Waals surface area contributed by atoms with Crippen LogP contribution >= 0.6 is 0 Å². The molecule has 0 N–H and O–H groups in total. The molecule has 4 heterocycles. The number of pyridine rings is 1. The predicted octanol–water partition coefficient (Wildman–Crippen LogP) is 1.23. The van der Waals surface area contributed by atoms with Crippen molar-refractivity contribution in [2.24, 2.45) is 0 Å². The summed E-state index contributed by atoms with van der Waals surface area (Å²) in [7, 11) is 0. The maximum atomic E-state index is 4.61. The van der Waals surface area contributed by atoms with Crippen LogP contribution in [0.1, 0.15) is 12.5 Å². The van der Waals surface area contributed by atoms with E-state index in [9.17, 15) is 0 Å². The van der Waals surface area contributed by atoms with Gasteiger partial charge < -0.3 is 4.90 Å². The molecule has 0 aliphatic carbocycles. The fraction of sp³-hybridized carbons (Fsp3) is 0.375. The minimum Gasteiger partial charge on any atom is -0.350 e. The summed E-state index contributed by atoms with van der Waals surface area (Å²) in [6, 6.07) is 8.52. The third-order valence-corrected chi connectivity index (χ3v) is 4.28. The van der Waals surface area contributed by atoms with E-state index in [1.54, 1.807) is 10.8 Å². The Labute approximate surface area is 134 Å². The molecule has 0 saturated carbocycles. The van der Waals surface area contributed by atoms with Gasteiger partial charge in [-0.05, 0) is 30.7 Å². The molecule has 1 aliphatic heterocycles. The first-order chi connectivity index (χ1) is 11.3. The normalized spacial score (nSPS) is 19.3. The van der Waals surface area contributed by atoms with Crippen LogP contribution < -0.4 is 4.90 Å². The summed E-state index contributed by atoms with van der Waals surface area (Å²) in [5, 5.41) is 12.5. The van der Waals surface area contributed by atoms with Crippen LogP contribution in [-0.2, 0) is 6.54 Å². The summed E-state index contributed by atoms with van der Waals surface area (Å²) in [6.45, 7) is 6.18. The second kappa shape index (κ2) is 5.92. The van der Waals surface area contributed by atoms with E-state index in [0.717, 1.165) is 37.6 Å². The number of nitrogens with zero attached hydrogens (tertiary/aromatic N) is 7. The Bertz CT molecular complexity index is 785. The maximum absolute atomic E-state index is 4.61. The van der Waals surface area contributed by atoms with Crippen molar-refractivity contribution in [3.05, 3.63) is 48.5 Å². The summed E-state index contributed by atoms with van der Waals surface area (Å²) in [6.07, 6.45) is 5.40. The SMILES string of the molecule is C[C@@H]1CN(Cc2cccnc2)CCN1c1ccc2nncn2n1. The first-order valence-corrected chi connectivity index (χ1v) is 7.84. The average Bonchev–Trinajstić information content (AvgIpc) is 3.03. The molecule has 0 bridgehead atoms. The van der Waals surface area contributed by atoms with Gasteiger partial charge in [0.2, 0.25) is 0 Å². The zero-order chi connectivity index (χ0) is 15.6. The van der Waals surface area contributed by atoms with Crippen molar-refractivity contribution in [3.8, 4) is 0 Å². The summed E-state index contributed by atoms with van der Waals surface area (Å²) < 4.78 is 1.73. The van der Waals surface area contributed by atoms with Crippen molar-refractivity contribution < 1.29 is 0 Å². The van der Waals surface area contributed by atoms with E-state index >= 15 is 0 Å². The zero-order valence-corrected chi connectivity index (χ0v) is 13.1. The molecule has 1 aliphatic rings. The number of piperazine rings is 1. The predicted molar refractivity (Wildman–Crippen MR) is 87.1 cm³/mol.